The summed E-state index contributed by atoms with van der Waals surface area (Å²) in [6.45, 7) is 0.726. The van der Waals surface area contributed by atoms with Gasteiger partial charge < -0.3 is 15.0 Å². The Labute approximate surface area is 155 Å². The van der Waals surface area contributed by atoms with Crippen molar-refractivity contribution < 1.29 is 9.53 Å². The highest BCUT2D eigenvalue weighted by atomic mass is 35.5. The summed E-state index contributed by atoms with van der Waals surface area (Å²) < 4.78 is 5.50. The summed E-state index contributed by atoms with van der Waals surface area (Å²) in [5.41, 5.74) is 0.433. The van der Waals surface area contributed by atoms with E-state index in [2.05, 4.69) is 15.3 Å². The molecule has 0 bridgehead atoms. The molecule has 0 atom stereocenters. The van der Waals surface area contributed by atoms with Gasteiger partial charge in [0.05, 0.1) is 17.4 Å². The number of ether oxygens (including phenoxy) is 1. The van der Waals surface area contributed by atoms with E-state index < -0.39 is 0 Å². The highest BCUT2D eigenvalue weighted by molar-refractivity contribution is 6.30. The fourth-order valence-corrected chi connectivity index (χ4v) is 2.67. The van der Waals surface area contributed by atoms with Crippen molar-refractivity contribution in [2.24, 2.45) is 0 Å². The maximum absolute atomic E-state index is 12.0. The van der Waals surface area contributed by atoms with Gasteiger partial charge in [0.25, 0.3) is 5.56 Å². The number of rotatable bonds is 7. The Kier molecular flexibility index (Phi) is 5.86. The molecular formula is C19H18ClN3O3. The van der Waals surface area contributed by atoms with Gasteiger partial charge in [-0.15, -0.1) is 0 Å². The van der Waals surface area contributed by atoms with Crippen LogP contribution in [-0.4, -0.2) is 29.0 Å². The van der Waals surface area contributed by atoms with Crippen molar-refractivity contribution in [2.75, 3.05) is 13.2 Å². The van der Waals surface area contributed by atoms with Gasteiger partial charge in [0.2, 0.25) is 5.91 Å². The molecule has 0 saturated carbocycles. The average Bonchev–Trinajstić information content (AvgIpc) is 2.64. The molecule has 0 aliphatic rings. The molecule has 1 heterocycles. The van der Waals surface area contributed by atoms with Gasteiger partial charge in [-0.3, -0.25) is 9.59 Å². The minimum Gasteiger partial charge on any atom is -0.492 e. The summed E-state index contributed by atoms with van der Waals surface area (Å²) >= 11 is 5.87. The first-order chi connectivity index (χ1) is 12.6. The Hall–Kier alpha value is -2.86. The molecular weight excluding hydrogens is 354 g/mol. The van der Waals surface area contributed by atoms with Crippen LogP contribution in [-0.2, 0) is 11.2 Å². The Morgan fingerprint density at radius 3 is 2.88 bits per heavy atom. The standard InChI is InChI=1S/C19H18ClN3O3/c20-13-4-3-5-14(12-13)26-11-10-21-18(24)9-8-17-22-16-7-2-1-6-15(16)19(25)23-17/h1-7,12H,8-11H2,(H,21,24)(H,22,23,25). The predicted molar refractivity (Wildman–Crippen MR) is 101 cm³/mol. The zero-order valence-electron chi connectivity index (χ0n) is 14.0. The Morgan fingerprint density at radius 2 is 2.04 bits per heavy atom. The minimum atomic E-state index is -0.194. The molecule has 0 unspecified atom stereocenters. The van der Waals surface area contributed by atoms with Gasteiger partial charge in [0.1, 0.15) is 18.2 Å². The van der Waals surface area contributed by atoms with E-state index in [1.165, 1.54) is 0 Å². The number of nitrogens with one attached hydrogen (secondary N) is 2. The van der Waals surface area contributed by atoms with Gasteiger partial charge in [-0.05, 0) is 30.3 Å². The number of para-hydroxylation sites is 1. The zero-order chi connectivity index (χ0) is 18.4. The molecule has 0 aliphatic carbocycles. The summed E-state index contributed by atoms with van der Waals surface area (Å²) in [6, 6.07) is 14.2. The Balaban J connectivity index is 1.45. The summed E-state index contributed by atoms with van der Waals surface area (Å²) in [7, 11) is 0. The van der Waals surface area contributed by atoms with Crippen molar-refractivity contribution in [1.82, 2.24) is 15.3 Å². The van der Waals surface area contributed by atoms with E-state index in [-0.39, 0.29) is 17.9 Å². The third kappa shape index (κ3) is 4.83. The number of nitrogens with zero attached hydrogens (tertiary/aromatic N) is 1. The van der Waals surface area contributed by atoms with Gasteiger partial charge in [-0.2, -0.15) is 0 Å². The molecule has 2 N–H and O–H groups in total. The quantitative estimate of drug-likeness (QED) is 0.625. The molecule has 0 aliphatic heterocycles. The van der Waals surface area contributed by atoms with Gasteiger partial charge in [-0.25, -0.2) is 4.98 Å². The fourth-order valence-electron chi connectivity index (χ4n) is 2.49. The van der Waals surface area contributed by atoms with Crippen LogP contribution < -0.4 is 15.6 Å². The summed E-state index contributed by atoms with van der Waals surface area (Å²) in [6.07, 6.45) is 0.597. The SMILES string of the molecule is O=C(CCc1nc2ccccc2c(=O)[nH]1)NCCOc1cccc(Cl)c1. The molecule has 6 nitrogen and oxygen atoms in total. The molecule has 7 heteroatoms. The van der Waals surface area contributed by atoms with Crippen LogP contribution in [0.15, 0.2) is 53.3 Å². The Morgan fingerprint density at radius 1 is 1.19 bits per heavy atom. The molecule has 0 saturated heterocycles. The smallest absolute Gasteiger partial charge is 0.258 e. The normalized spacial score (nSPS) is 10.7. The molecule has 0 spiro atoms. The van der Waals surface area contributed by atoms with Crippen LogP contribution in [0.5, 0.6) is 5.75 Å². The lowest BCUT2D eigenvalue weighted by molar-refractivity contribution is -0.121. The first-order valence-electron chi connectivity index (χ1n) is 8.25. The highest BCUT2D eigenvalue weighted by Gasteiger charge is 2.06. The van der Waals surface area contributed by atoms with Crippen molar-refractivity contribution in [3.05, 3.63) is 69.7 Å². The van der Waals surface area contributed by atoms with E-state index in [0.717, 1.165) is 0 Å². The number of amides is 1. The van der Waals surface area contributed by atoms with Crippen LogP contribution in [0.1, 0.15) is 12.2 Å². The molecule has 0 fully saturated rings. The van der Waals surface area contributed by atoms with Crippen molar-refractivity contribution >= 4 is 28.4 Å². The van der Waals surface area contributed by atoms with Crippen molar-refractivity contribution in [3.8, 4) is 5.75 Å². The van der Waals surface area contributed by atoms with Crippen LogP contribution in [0, 0.1) is 0 Å². The molecule has 1 amide bonds. The number of carbonyl (C=O) groups is 1. The van der Waals surface area contributed by atoms with Crippen molar-refractivity contribution in [3.63, 3.8) is 0 Å². The molecule has 1 aromatic heterocycles. The number of benzene rings is 2. The number of aryl methyl sites for hydroxylation is 1. The Bertz CT molecular complexity index is 971. The van der Waals surface area contributed by atoms with Crippen LogP contribution in [0.3, 0.4) is 0 Å². The lowest BCUT2D eigenvalue weighted by atomic mass is 10.2. The van der Waals surface area contributed by atoms with Gasteiger partial charge in [0, 0.05) is 17.9 Å². The number of aromatic nitrogens is 2. The fraction of sp³-hybridized carbons (Fsp3) is 0.211. The lowest BCUT2D eigenvalue weighted by Gasteiger charge is -2.08. The summed E-state index contributed by atoms with van der Waals surface area (Å²) in [5.74, 6) is 1.03. The second-order valence-electron chi connectivity index (χ2n) is 5.69. The maximum Gasteiger partial charge on any atom is 0.258 e. The molecule has 2 aromatic carbocycles. The number of hydrogen-bond acceptors (Lipinski definition) is 4. The molecule has 134 valence electrons. The summed E-state index contributed by atoms with van der Waals surface area (Å²) in [4.78, 5) is 31.0. The van der Waals surface area contributed by atoms with E-state index in [1.54, 1.807) is 42.5 Å². The largest absolute Gasteiger partial charge is 0.492 e. The first kappa shape index (κ1) is 17.9. The van der Waals surface area contributed by atoms with E-state index in [4.69, 9.17) is 16.3 Å². The number of aromatic amines is 1. The van der Waals surface area contributed by atoms with E-state index >= 15 is 0 Å². The van der Waals surface area contributed by atoms with E-state index in [0.29, 0.717) is 47.1 Å². The zero-order valence-corrected chi connectivity index (χ0v) is 14.8. The van der Waals surface area contributed by atoms with Gasteiger partial charge in [-0.1, -0.05) is 29.8 Å². The maximum atomic E-state index is 12.0. The third-order valence-corrected chi connectivity index (χ3v) is 3.97. The van der Waals surface area contributed by atoms with Crippen LogP contribution in [0.4, 0.5) is 0 Å². The number of H-pyrrole nitrogens is 1. The predicted octanol–water partition coefficient (Wildman–Crippen LogP) is 2.70. The van der Waals surface area contributed by atoms with Gasteiger partial charge in [0.15, 0.2) is 0 Å². The second kappa shape index (κ2) is 8.49. The number of fused-ring (bicyclic) bond motifs is 1. The first-order valence-corrected chi connectivity index (χ1v) is 8.62. The minimum absolute atomic E-state index is 0.129. The number of carbonyl (C=O) groups excluding carboxylic acids is 1. The van der Waals surface area contributed by atoms with E-state index in [9.17, 15) is 9.59 Å². The summed E-state index contributed by atoms with van der Waals surface area (Å²) in [5, 5.41) is 3.91. The lowest BCUT2D eigenvalue weighted by Crippen LogP contribution is -2.28. The number of halogens is 1. The molecule has 0 radical (unpaired) electrons. The average molecular weight is 372 g/mol. The molecule has 26 heavy (non-hydrogen) atoms. The molecule has 3 rings (SSSR count). The number of hydrogen-bond donors (Lipinski definition) is 2. The second-order valence-corrected chi connectivity index (χ2v) is 6.12. The van der Waals surface area contributed by atoms with Gasteiger partial charge >= 0.3 is 0 Å². The van der Waals surface area contributed by atoms with Crippen molar-refractivity contribution in [2.45, 2.75) is 12.8 Å². The van der Waals surface area contributed by atoms with Crippen molar-refractivity contribution in [1.29, 1.82) is 0 Å². The highest BCUT2D eigenvalue weighted by Crippen LogP contribution is 2.16. The molecule has 3 aromatic rings. The van der Waals surface area contributed by atoms with E-state index in [1.807, 2.05) is 6.07 Å². The third-order valence-electron chi connectivity index (χ3n) is 3.74. The van der Waals surface area contributed by atoms with Crippen LogP contribution in [0.25, 0.3) is 10.9 Å². The monoisotopic (exact) mass is 371 g/mol. The van der Waals surface area contributed by atoms with Crippen LogP contribution in [0.2, 0.25) is 5.02 Å². The van der Waals surface area contributed by atoms with Crippen LogP contribution >= 0.6 is 11.6 Å². The topological polar surface area (TPSA) is 84.1 Å².